The molecule has 4 amide bonds. The number of nitrogens with one attached hydrogen (secondary N) is 1. The topological polar surface area (TPSA) is 73.0 Å². The molecule has 7 nitrogen and oxygen atoms in total. The van der Waals surface area contributed by atoms with Gasteiger partial charge in [0, 0.05) is 27.2 Å². The van der Waals surface area contributed by atoms with Crippen LogP contribution in [-0.2, 0) is 15.0 Å². The van der Waals surface area contributed by atoms with Crippen molar-refractivity contribution in [2.75, 3.05) is 33.7 Å². The molecule has 0 bridgehead atoms. The summed E-state index contributed by atoms with van der Waals surface area (Å²) < 4.78 is 0. The average Bonchev–Trinajstić information content (AvgIpc) is 3.16. The van der Waals surface area contributed by atoms with E-state index in [-0.39, 0.29) is 35.3 Å². The molecule has 3 fully saturated rings. The fourth-order valence-electron chi connectivity index (χ4n) is 7.09. The summed E-state index contributed by atoms with van der Waals surface area (Å²) in [7, 11) is 3.23. The minimum absolute atomic E-state index is 0.00413. The first-order valence-electron chi connectivity index (χ1n) is 15.1. The molecule has 1 aromatic carbocycles. The molecule has 39 heavy (non-hydrogen) atoms. The number of rotatable bonds is 10. The van der Waals surface area contributed by atoms with Gasteiger partial charge in [-0.3, -0.25) is 9.59 Å². The number of amides is 4. The maximum atomic E-state index is 13.9. The van der Waals surface area contributed by atoms with Gasteiger partial charge in [0.15, 0.2) is 0 Å². The Morgan fingerprint density at radius 1 is 1.13 bits per heavy atom. The zero-order valence-corrected chi connectivity index (χ0v) is 25.1. The Balaban J connectivity index is 1.56. The number of benzene rings is 1. The van der Waals surface area contributed by atoms with E-state index in [4.69, 9.17) is 0 Å². The van der Waals surface area contributed by atoms with Gasteiger partial charge in [-0.2, -0.15) is 0 Å². The van der Waals surface area contributed by atoms with Crippen molar-refractivity contribution >= 4 is 17.8 Å². The second-order valence-corrected chi connectivity index (χ2v) is 13.2. The third-order valence-electron chi connectivity index (χ3n) is 10.5. The minimum Gasteiger partial charge on any atom is -0.357 e. The van der Waals surface area contributed by atoms with Crippen LogP contribution in [-0.4, -0.2) is 77.4 Å². The lowest BCUT2D eigenvalue weighted by atomic mass is 9.60. The first-order chi connectivity index (χ1) is 18.5. The zero-order chi connectivity index (χ0) is 28.4. The fourth-order valence-corrected chi connectivity index (χ4v) is 7.09. The van der Waals surface area contributed by atoms with Crippen molar-refractivity contribution < 1.29 is 14.4 Å². The molecule has 1 aromatic rings. The Morgan fingerprint density at radius 2 is 1.77 bits per heavy atom. The number of carbonyl (C=O) groups excluding carboxylic acids is 3. The van der Waals surface area contributed by atoms with E-state index >= 15 is 0 Å². The Bertz CT molecular complexity index is 1030. The van der Waals surface area contributed by atoms with Crippen LogP contribution in [0.3, 0.4) is 0 Å². The van der Waals surface area contributed by atoms with Gasteiger partial charge in [0.2, 0.25) is 11.8 Å². The lowest BCUT2D eigenvalue weighted by Gasteiger charge is -2.50. The van der Waals surface area contributed by atoms with Gasteiger partial charge in [-0.25, -0.2) is 4.79 Å². The van der Waals surface area contributed by atoms with Crippen molar-refractivity contribution in [3.63, 3.8) is 0 Å². The molecule has 4 rings (SSSR count). The van der Waals surface area contributed by atoms with Gasteiger partial charge in [-0.15, -0.1) is 0 Å². The molecule has 1 saturated heterocycles. The fraction of sp³-hybridized carbons (Fsp3) is 0.719. The van der Waals surface area contributed by atoms with E-state index in [1.165, 1.54) is 42.6 Å². The first kappa shape index (κ1) is 29.4. The van der Waals surface area contributed by atoms with Crippen LogP contribution in [0.1, 0.15) is 91.0 Å². The zero-order valence-electron chi connectivity index (χ0n) is 25.1. The molecule has 1 spiro atoms. The number of hydrogen-bond acceptors (Lipinski definition) is 3. The highest BCUT2D eigenvalue weighted by molar-refractivity contribution is 5.92. The number of hydrogen-bond donors (Lipinski definition) is 1. The van der Waals surface area contributed by atoms with Crippen LogP contribution in [0, 0.1) is 11.8 Å². The minimum atomic E-state index is -0.992. The highest BCUT2D eigenvalue weighted by Crippen LogP contribution is 2.51. The molecule has 7 heteroatoms. The maximum Gasteiger partial charge on any atom is 0.321 e. The van der Waals surface area contributed by atoms with E-state index in [9.17, 15) is 14.4 Å². The van der Waals surface area contributed by atoms with Crippen molar-refractivity contribution in [1.29, 1.82) is 0 Å². The lowest BCUT2D eigenvalue weighted by Crippen LogP contribution is -2.56. The van der Waals surface area contributed by atoms with Gasteiger partial charge in [-0.1, -0.05) is 57.0 Å². The normalized spacial score (nSPS) is 26.5. The Labute approximate surface area is 235 Å². The van der Waals surface area contributed by atoms with Crippen LogP contribution < -0.4 is 5.32 Å². The summed E-state index contributed by atoms with van der Waals surface area (Å²) in [5.74, 6) is 0.782. The molecule has 216 valence electrons. The van der Waals surface area contributed by atoms with Crippen molar-refractivity contribution in [2.24, 2.45) is 11.8 Å². The molecular formula is C32H50N4O3. The van der Waals surface area contributed by atoms with Gasteiger partial charge >= 0.3 is 6.03 Å². The van der Waals surface area contributed by atoms with Gasteiger partial charge in [0.25, 0.3) is 0 Å². The highest BCUT2D eigenvalue weighted by atomic mass is 16.2. The van der Waals surface area contributed by atoms with E-state index in [2.05, 4.69) is 54.4 Å². The average molecular weight is 539 g/mol. The highest BCUT2D eigenvalue weighted by Gasteiger charge is 2.55. The number of urea groups is 1. The van der Waals surface area contributed by atoms with Crippen LogP contribution >= 0.6 is 0 Å². The van der Waals surface area contributed by atoms with Gasteiger partial charge in [0.1, 0.15) is 12.1 Å². The molecule has 1 heterocycles. The second kappa shape index (κ2) is 11.5. The first-order valence-corrected chi connectivity index (χ1v) is 15.1. The molecule has 3 aliphatic rings. The van der Waals surface area contributed by atoms with E-state index in [1.54, 1.807) is 32.8 Å². The van der Waals surface area contributed by atoms with E-state index in [0.717, 1.165) is 32.2 Å². The number of likely N-dealkylation sites (N-methyl/N-ethyl adjacent to an activating group) is 2. The number of carbonyl (C=O) groups is 3. The summed E-state index contributed by atoms with van der Waals surface area (Å²) >= 11 is 0. The molecule has 1 atom stereocenters. The maximum absolute atomic E-state index is 13.9. The Morgan fingerprint density at radius 3 is 2.31 bits per heavy atom. The summed E-state index contributed by atoms with van der Waals surface area (Å²) in [6, 6.07) is 11.0. The van der Waals surface area contributed by atoms with E-state index in [1.807, 2.05) is 0 Å². The molecule has 1 aliphatic heterocycles. The molecule has 2 saturated carbocycles. The van der Waals surface area contributed by atoms with Crippen LogP contribution in [0.5, 0.6) is 0 Å². The lowest BCUT2D eigenvalue weighted by molar-refractivity contribution is -0.144. The summed E-state index contributed by atoms with van der Waals surface area (Å²) in [6.45, 7) is 9.51. The standard InChI is InChI=1S/C32H50N4O3/c1-7-24(2)20-31(26-14-9-8-10-15-26)16-18-32(19-17-31)23-35(29(39)36(32)21-25-12-11-13-25)22-27(37)34(6)30(3,4)28(38)33-5/h8-10,14-15,24-25H,7,11-13,16-23H2,1-6H3,(H,33,38). The number of nitrogens with zero attached hydrogens (tertiary/aromatic N) is 3. The van der Waals surface area contributed by atoms with E-state index < -0.39 is 5.54 Å². The quantitative estimate of drug-likeness (QED) is 0.445. The summed E-state index contributed by atoms with van der Waals surface area (Å²) in [5.41, 5.74) is 0.345. The van der Waals surface area contributed by atoms with Gasteiger partial charge in [-0.05, 0) is 81.6 Å². The van der Waals surface area contributed by atoms with Crippen LogP contribution in [0.15, 0.2) is 30.3 Å². The van der Waals surface area contributed by atoms with Crippen LogP contribution in [0.25, 0.3) is 0 Å². The summed E-state index contributed by atoms with van der Waals surface area (Å²) in [4.78, 5) is 45.1. The summed E-state index contributed by atoms with van der Waals surface area (Å²) in [5, 5.41) is 2.65. The largest absolute Gasteiger partial charge is 0.357 e. The Hall–Kier alpha value is -2.57. The molecular weight excluding hydrogens is 488 g/mol. The predicted molar refractivity (Wildman–Crippen MR) is 155 cm³/mol. The van der Waals surface area contributed by atoms with Crippen molar-refractivity contribution in [3.05, 3.63) is 35.9 Å². The van der Waals surface area contributed by atoms with Gasteiger partial charge in [0.05, 0.1) is 5.54 Å². The molecule has 0 aromatic heterocycles. The Kier molecular flexibility index (Phi) is 8.67. The molecule has 2 aliphatic carbocycles. The van der Waals surface area contributed by atoms with Crippen molar-refractivity contribution in [2.45, 2.75) is 102 Å². The van der Waals surface area contributed by atoms with Gasteiger partial charge < -0.3 is 20.0 Å². The molecule has 1 unspecified atom stereocenters. The van der Waals surface area contributed by atoms with Crippen molar-refractivity contribution in [1.82, 2.24) is 20.0 Å². The SMILES string of the molecule is CCC(C)CC1(c2ccccc2)CCC2(CC1)CN(CC(=O)N(C)C(C)(C)C(=O)NC)C(=O)N2CC1CCC1. The monoisotopic (exact) mass is 538 g/mol. The third-order valence-corrected chi connectivity index (χ3v) is 10.5. The smallest absolute Gasteiger partial charge is 0.321 e. The van der Waals surface area contributed by atoms with Crippen molar-refractivity contribution in [3.8, 4) is 0 Å². The van der Waals surface area contributed by atoms with Crippen LogP contribution in [0.2, 0.25) is 0 Å². The van der Waals surface area contributed by atoms with Crippen LogP contribution in [0.4, 0.5) is 4.79 Å². The molecule has 0 radical (unpaired) electrons. The third kappa shape index (κ3) is 5.69. The molecule has 1 N–H and O–H groups in total. The predicted octanol–water partition coefficient (Wildman–Crippen LogP) is 5.19. The van der Waals surface area contributed by atoms with E-state index in [0.29, 0.717) is 18.4 Å². The second-order valence-electron chi connectivity index (χ2n) is 13.2. The summed E-state index contributed by atoms with van der Waals surface area (Å²) in [6.07, 6.45) is 9.98.